The van der Waals surface area contributed by atoms with E-state index in [0.717, 1.165) is 25.7 Å². The van der Waals surface area contributed by atoms with Crippen LogP contribution in [0.15, 0.2) is 23.1 Å². The van der Waals surface area contributed by atoms with Gasteiger partial charge >= 0.3 is 0 Å². The van der Waals surface area contributed by atoms with Gasteiger partial charge in [-0.1, -0.05) is 13.0 Å². The molecule has 1 aromatic rings. The third-order valence-corrected chi connectivity index (χ3v) is 5.67. The number of nitrogens with one attached hydrogen (secondary N) is 1. The molecule has 0 aliphatic heterocycles. The van der Waals surface area contributed by atoms with Gasteiger partial charge in [-0.25, -0.2) is 13.1 Å². The van der Waals surface area contributed by atoms with E-state index in [0.29, 0.717) is 11.1 Å². The third-order valence-electron chi connectivity index (χ3n) is 3.95. The molecular formula is C14H18N2O2S. The molecule has 1 aliphatic carbocycles. The summed E-state index contributed by atoms with van der Waals surface area (Å²) >= 11 is 0. The minimum Gasteiger partial charge on any atom is -0.207 e. The Morgan fingerprint density at radius 1 is 1.42 bits per heavy atom. The zero-order chi connectivity index (χ0) is 14.1. The molecule has 0 saturated heterocycles. The quantitative estimate of drug-likeness (QED) is 0.919. The van der Waals surface area contributed by atoms with E-state index in [-0.39, 0.29) is 10.4 Å². The van der Waals surface area contributed by atoms with Crippen molar-refractivity contribution < 1.29 is 8.42 Å². The van der Waals surface area contributed by atoms with Crippen molar-refractivity contribution in [3.63, 3.8) is 0 Å². The van der Waals surface area contributed by atoms with E-state index in [9.17, 15) is 8.42 Å². The summed E-state index contributed by atoms with van der Waals surface area (Å²) in [6.45, 7) is 3.75. The molecule has 1 aliphatic rings. The number of hydrogen-bond acceptors (Lipinski definition) is 3. The van der Waals surface area contributed by atoms with E-state index in [4.69, 9.17) is 5.26 Å². The lowest BCUT2D eigenvalue weighted by Crippen LogP contribution is -2.52. The summed E-state index contributed by atoms with van der Waals surface area (Å²) in [6.07, 6.45) is 3.64. The second kappa shape index (κ2) is 4.95. The van der Waals surface area contributed by atoms with E-state index >= 15 is 0 Å². The van der Waals surface area contributed by atoms with Crippen molar-refractivity contribution in [2.24, 2.45) is 0 Å². The van der Waals surface area contributed by atoms with Gasteiger partial charge in [0.2, 0.25) is 10.0 Å². The van der Waals surface area contributed by atoms with Crippen LogP contribution in [0.1, 0.15) is 43.7 Å². The van der Waals surface area contributed by atoms with Gasteiger partial charge in [0.15, 0.2) is 0 Å². The second-order valence-electron chi connectivity index (χ2n) is 5.19. The first-order valence-electron chi connectivity index (χ1n) is 6.47. The molecule has 0 unspecified atom stereocenters. The maximum Gasteiger partial charge on any atom is 0.241 e. The van der Waals surface area contributed by atoms with Crippen LogP contribution in [0.3, 0.4) is 0 Å². The zero-order valence-electron chi connectivity index (χ0n) is 11.2. The Morgan fingerprint density at radius 2 is 2.11 bits per heavy atom. The highest BCUT2D eigenvalue weighted by atomic mass is 32.2. The topological polar surface area (TPSA) is 70.0 Å². The standard InChI is InChI=1S/C14H18N2O2S/c1-3-14(7-4-8-14)16-19(17,18)13-9-12(10-15)6-5-11(13)2/h5-6,9,16H,3-4,7-8H2,1-2H3. The van der Waals surface area contributed by atoms with E-state index in [2.05, 4.69) is 4.72 Å². The summed E-state index contributed by atoms with van der Waals surface area (Å²) in [6, 6.07) is 6.73. The SMILES string of the molecule is CCC1(NS(=O)(=O)c2cc(C#N)ccc2C)CCC1. The number of benzene rings is 1. The smallest absolute Gasteiger partial charge is 0.207 e. The maximum atomic E-state index is 12.5. The number of nitriles is 1. The van der Waals surface area contributed by atoms with E-state index in [1.165, 1.54) is 6.07 Å². The van der Waals surface area contributed by atoms with Crippen molar-refractivity contribution >= 4 is 10.0 Å². The predicted molar refractivity (Wildman–Crippen MR) is 73.1 cm³/mol. The molecule has 0 radical (unpaired) electrons. The molecule has 0 atom stereocenters. The fourth-order valence-electron chi connectivity index (χ4n) is 2.43. The fraction of sp³-hybridized carbons (Fsp3) is 0.500. The van der Waals surface area contributed by atoms with Crippen molar-refractivity contribution in [1.82, 2.24) is 4.72 Å². The normalized spacial score (nSPS) is 17.5. The van der Waals surface area contributed by atoms with Gasteiger partial charge < -0.3 is 0 Å². The van der Waals surface area contributed by atoms with Crippen LogP contribution in [-0.2, 0) is 10.0 Å². The molecule has 1 fully saturated rings. The maximum absolute atomic E-state index is 12.5. The summed E-state index contributed by atoms with van der Waals surface area (Å²) in [5, 5.41) is 8.89. The lowest BCUT2D eigenvalue weighted by molar-refractivity contribution is 0.214. The number of hydrogen-bond donors (Lipinski definition) is 1. The molecule has 0 amide bonds. The van der Waals surface area contributed by atoms with Crippen molar-refractivity contribution in [3.05, 3.63) is 29.3 Å². The number of rotatable bonds is 4. The lowest BCUT2D eigenvalue weighted by Gasteiger charge is -2.41. The Hall–Kier alpha value is -1.38. The van der Waals surface area contributed by atoms with Gasteiger partial charge in [-0.2, -0.15) is 5.26 Å². The van der Waals surface area contributed by atoms with Gasteiger partial charge in [0.25, 0.3) is 0 Å². The molecule has 102 valence electrons. The second-order valence-corrected chi connectivity index (χ2v) is 6.84. The number of aryl methyl sites for hydroxylation is 1. The Labute approximate surface area is 114 Å². The summed E-state index contributed by atoms with van der Waals surface area (Å²) in [5.41, 5.74) is 0.746. The highest BCUT2D eigenvalue weighted by molar-refractivity contribution is 7.89. The monoisotopic (exact) mass is 278 g/mol. The molecule has 0 heterocycles. The van der Waals surface area contributed by atoms with Crippen LogP contribution in [0.4, 0.5) is 0 Å². The average Bonchev–Trinajstić information content (AvgIpc) is 2.34. The molecule has 2 rings (SSSR count). The predicted octanol–water partition coefficient (Wildman–Crippen LogP) is 2.48. The van der Waals surface area contributed by atoms with Crippen LogP contribution in [0.2, 0.25) is 0 Å². The molecule has 19 heavy (non-hydrogen) atoms. The minimum atomic E-state index is -3.56. The average molecular weight is 278 g/mol. The van der Waals surface area contributed by atoms with Gasteiger partial charge in [-0.3, -0.25) is 0 Å². The van der Waals surface area contributed by atoms with Gasteiger partial charge in [-0.05, 0) is 50.3 Å². The van der Waals surface area contributed by atoms with Crippen molar-refractivity contribution in [1.29, 1.82) is 5.26 Å². The van der Waals surface area contributed by atoms with Crippen molar-refractivity contribution in [3.8, 4) is 6.07 Å². The molecular weight excluding hydrogens is 260 g/mol. The van der Waals surface area contributed by atoms with Gasteiger partial charge in [0, 0.05) is 5.54 Å². The lowest BCUT2D eigenvalue weighted by atomic mass is 9.76. The Balaban J connectivity index is 2.37. The fourth-order valence-corrected chi connectivity index (χ4v) is 4.23. The van der Waals surface area contributed by atoms with Gasteiger partial charge in [0.05, 0.1) is 16.5 Å². The molecule has 0 aromatic heterocycles. The summed E-state index contributed by atoms with van der Waals surface area (Å²) < 4.78 is 27.8. The Morgan fingerprint density at radius 3 is 2.58 bits per heavy atom. The van der Waals surface area contributed by atoms with E-state index in [1.54, 1.807) is 19.1 Å². The third kappa shape index (κ3) is 2.65. The minimum absolute atomic E-state index is 0.214. The molecule has 4 nitrogen and oxygen atoms in total. The summed E-state index contributed by atoms with van der Waals surface area (Å²) in [5.74, 6) is 0. The Kier molecular flexibility index (Phi) is 3.66. The molecule has 0 bridgehead atoms. The zero-order valence-corrected chi connectivity index (χ0v) is 12.0. The van der Waals surface area contributed by atoms with Crippen LogP contribution in [-0.4, -0.2) is 14.0 Å². The molecule has 1 aromatic carbocycles. The Bertz CT molecular complexity index is 620. The molecule has 0 spiro atoms. The van der Waals surface area contributed by atoms with Crippen LogP contribution in [0.5, 0.6) is 0 Å². The highest BCUT2D eigenvalue weighted by Crippen LogP contribution is 2.36. The first-order chi connectivity index (χ1) is 8.92. The van der Waals surface area contributed by atoms with Crippen molar-refractivity contribution in [2.75, 3.05) is 0 Å². The number of sulfonamides is 1. The first kappa shape index (κ1) is 14.0. The highest BCUT2D eigenvalue weighted by Gasteiger charge is 2.39. The van der Waals surface area contributed by atoms with Gasteiger partial charge in [0.1, 0.15) is 0 Å². The van der Waals surface area contributed by atoms with E-state index in [1.807, 2.05) is 13.0 Å². The summed E-state index contributed by atoms with van der Waals surface area (Å²) in [7, 11) is -3.56. The van der Waals surface area contributed by atoms with Crippen LogP contribution >= 0.6 is 0 Å². The summed E-state index contributed by atoms with van der Waals surface area (Å²) in [4.78, 5) is 0.214. The molecule has 1 N–H and O–H groups in total. The van der Waals surface area contributed by atoms with Gasteiger partial charge in [-0.15, -0.1) is 0 Å². The molecule has 5 heteroatoms. The number of nitrogens with zero attached hydrogens (tertiary/aromatic N) is 1. The van der Waals surface area contributed by atoms with Crippen molar-refractivity contribution in [2.45, 2.75) is 50.0 Å². The first-order valence-corrected chi connectivity index (χ1v) is 7.95. The largest absolute Gasteiger partial charge is 0.241 e. The van der Waals surface area contributed by atoms with Crippen LogP contribution in [0.25, 0.3) is 0 Å². The molecule has 1 saturated carbocycles. The van der Waals surface area contributed by atoms with Crippen LogP contribution in [0, 0.1) is 18.3 Å². The van der Waals surface area contributed by atoms with E-state index < -0.39 is 10.0 Å². The van der Waals surface area contributed by atoms with Crippen LogP contribution < -0.4 is 4.72 Å².